The topological polar surface area (TPSA) is 86.8 Å². The Morgan fingerprint density at radius 1 is 1.10 bits per heavy atom. The van der Waals surface area contributed by atoms with Gasteiger partial charge < -0.3 is 15.8 Å². The van der Waals surface area contributed by atoms with E-state index in [2.05, 4.69) is 15.2 Å². The fourth-order valence-electron chi connectivity index (χ4n) is 2.56. The Morgan fingerprint density at radius 3 is 2.86 bits per heavy atom. The van der Waals surface area contributed by atoms with Gasteiger partial charge in [0.1, 0.15) is 0 Å². The maximum atomic E-state index is 10.1. The fourth-order valence-corrected chi connectivity index (χ4v) is 2.56. The molecule has 0 saturated heterocycles. The van der Waals surface area contributed by atoms with E-state index in [4.69, 9.17) is 5.73 Å². The molecule has 1 aromatic heterocycles. The average Bonchev–Trinajstić information content (AvgIpc) is 3.01. The van der Waals surface area contributed by atoms with Crippen LogP contribution in [0.4, 0.5) is 0 Å². The van der Waals surface area contributed by atoms with Crippen LogP contribution in [0.2, 0.25) is 0 Å². The molecule has 3 aromatic rings. The van der Waals surface area contributed by atoms with Gasteiger partial charge in [0.25, 0.3) is 0 Å². The number of H-pyrrole nitrogens is 1. The molecule has 0 atom stereocenters. The standard InChI is InChI=1S/C16H12N4O/c17-15-12-8-9(5-6-14(12)19-20-15)7-11-10-3-1-2-4-13(10)18-16(11)21/h1-8,18,21H,(H2,17,20). The van der Waals surface area contributed by atoms with Crippen LogP contribution in [0.3, 0.4) is 0 Å². The summed E-state index contributed by atoms with van der Waals surface area (Å²) in [5.74, 6) is 0.575. The molecule has 0 fully saturated rings. The zero-order chi connectivity index (χ0) is 14.4. The van der Waals surface area contributed by atoms with Gasteiger partial charge in [-0.05, 0) is 29.5 Å². The third-order valence-corrected chi connectivity index (χ3v) is 3.60. The van der Waals surface area contributed by atoms with E-state index in [1.54, 1.807) is 0 Å². The van der Waals surface area contributed by atoms with Crippen molar-refractivity contribution in [1.82, 2.24) is 4.98 Å². The first-order chi connectivity index (χ1) is 10.2. The van der Waals surface area contributed by atoms with E-state index in [1.165, 1.54) is 0 Å². The monoisotopic (exact) mass is 276 g/mol. The highest BCUT2D eigenvalue weighted by molar-refractivity contribution is 5.98. The van der Waals surface area contributed by atoms with Crippen molar-refractivity contribution in [1.29, 1.82) is 0 Å². The van der Waals surface area contributed by atoms with Gasteiger partial charge >= 0.3 is 0 Å². The number of aromatic amines is 1. The minimum Gasteiger partial charge on any atom is -0.494 e. The van der Waals surface area contributed by atoms with Crippen LogP contribution in [0.5, 0.6) is 5.88 Å². The molecular weight excluding hydrogens is 264 g/mol. The molecule has 5 nitrogen and oxygen atoms in total. The number of nitrogens with zero attached hydrogens (tertiary/aromatic N) is 2. The molecule has 0 saturated carbocycles. The molecule has 0 aliphatic carbocycles. The third kappa shape index (κ3) is 1.79. The summed E-state index contributed by atoms with van der Waals surface area (Å²) in [6.07, 6.45) is 1.92. The van der Waals surface area contributed by atoms with Crippen LogP contribution in [0.25, 0.3) is 17.0 Å². The number of benzene rings is 2. The lowest BCUT2D eigenvalue weighted by atomic mass is 10.1. The molecule has 0 amide bonds. The molecule has 4 N–H and O–H groups in total. The summed E-state index contributed by atoms with van der Waals surface area (Å²) in [5, 5.41) is 20.6. The Bertz CT molecular complexity index is 1010. The van der Waals surface area contributed by atoms with E-state index < -0.39 is 0 Å². The quantitative estimate of drug-likeness (QED) is 0.618. The van der Waals surface area contributed by atoms with Crippen LogP contribution < -0.4 is 16.3 Å². The summed E-state index contributed by atoms with van der Waals surface area (Å²) < 4.78 is 0. The molecule has 1 aliphatic rings. The van der Waals surface area contributed by atoms with E-state index in [-0.39, 0.29) is 5.88 Å². The molecule has 1 aliphatic heterocycles. The maximum Gasteiger partial charge on any atom is 0.196 e. The van der Waals surface area contributed by atoms with Gasteiger partial charge in [-0.25, -0.2) is 0 Å². The van der Waals surface area contributed by atoms with Crippen molar-refractivity contribution in [2.24, 2.45) is 15.9 Å². The molecule has 0 radical (unpaired) electrons. The number of amidine groups is 1. The minimum atomic E-state index is 0.156. The van der Waals surface area contributed by atoms with Crippen LogP contribution in [-0.4, -0.2) is 15.9 Å². The van der Waals surface area contributed by atoms with E-state index in [1.807, 2.05) is 48.5 Å². The second-order valence-corrected chi connectivity index (χ2v) is 4.94. The van der Waals surface area contributed by atoms with Crippen molar-refractivity contribution in [3.05, 3.63) is 64.2 Å². The number of para-hydroxylation sites is 1. The second-order valence-electron chi connectivity index (χ2n) is 4.94. The average molecular weight is 276 g/mol. The van der Waals surface area contributed by atoms with Gasteiger partial charge in [0, 0.05) is 22.0 Å². The number of fused-ring (bicyclic) bond motifs is 2. The highest BCUT2D eigenvalue weighted by Crippen LogP contribution is 2.27. The molecule has 5 heteroatoms. The lowest BCUT2D eigenvalue weighted by Gasteiger charge is -1.95. The summed E-state index contributed by atoms with van der Waals surface area (Å²) in [6.45, 7) is 0. The van der Waals surface area contributed by atoms with E-state index in [9.17, 15) is 5.11 Å². The van der Waals surface area contributed by atoms with Crippen molar-refractivity contribution in [2.45, 2.75) is 0 Å². The largest absolute Gasteiger partial charge is 0.494 e. The predicted octanol–water partition coefficient (Wildman–Crippen LogP) is 0.956. The van der Waals surface area contributed by atoms with Gasteiger partial charge in [0.2, 0.25) is 0 Å². The van der Waals surface area contributed by atoms with Gasteiger partial charge in [-0.15, -0.1) is 10.2 Å². The highest BCUT2D eigenvalue weighted by atomic mass is 16.3. The normalized spacial score (nSPS) is 14.1. The van der Waals surface area contributed by atoms with Gasteiger partial charge in [0.05, 0.1) is 5.36 Å². The maximum absolute atomic E-state index is 10.1. The molecule has 21 heavy (non-hydrogen) atoms. The Kier molecular flexibility index (Phi) is 2.35. The molecule has 2 aromatic carbocycles. The summed E-state index contributed by atoms with van der Waals surface area (Å²) in [6, 6.07) is 13.5. The van der Waals surface area contributed by atoms with Crippen LogP contribution >= 0.6 is 0 Å². The molecule has 0 bridgehead atoms. The zero-order valence-electron chi connectivity index (χ0n) is 11.0. The van der Waals surface area contributed by atoms with E-state index >= 15 is 0 Å². The lowest BCUT2D eigenvalue weighted by molar-refractivity contribution is 0.457. The van der Waals surface area contributed by atoms with Crippen LogP contribution in [0, 0.1) is 0 Å². The Labute approximate surface area is 119 Å². The van der Waals surface area contributed by atoms with Gasteiger partial charge in [0.15, 0.2) is 11.7 Å². The first-order valence-electron chi connectivity index (χ1n) is 6.55. The Hall–Kier alpha value is -3.08. The second kappa shape index (κ2) is 4.21. The smallest absolute Gasteiger partial charge is 0.196 e. The summed E-state index contributed by atoms with van der Waals surface area (Å²) in [4.78, 5) is 2.97. The number of rotatable bonds is 1. The minimum absolute atomic E-state index is 0.156. The molecule has 0 unspecified atom stereocenters. The van der Waals surface area contributed by atoms with E-state index in [0.717, 1.165) is 32.6 Å². The van der Waals surface area contributed by atoms with Crippen LogP contribution in [-0.2, 0) is 0 Å². The molecule has 102 valence electrons. The first-order valence-corrected chi connectivity index (χ1v) is 6.55. The fraction of sp³-hybridized carbons (Fsp3) is 0. The Morgan fingerprint density at radius 2 is 1.95 bits per heavy atom. The molecular formula is C16H12N4O. The first kappa shape index (κ1) is 11.7. The van der Waals surface area contributed by atoms with Gasteiger partial charge in [-0.3, -0.25) is 0 Å². The van der Waals surface area contributed by atoms with Crippen molar-refractivity contribution >= 4 is 22.8 Å². The molecule has 0 spiro atoms. The van der Waals surface area contributed by atoms with Gasteiger partial charge in [-0.1, -0.05) is 24.3 Å². The van der Waals surface area contributed by atoms with Crippen molar-refractivity contribution < 1.29 is 5.11 Å². The summed E-state index contributed by atoms with van der Waals surface area (Å²) >= 11 is 0. The van der Waals surface area contributed by atoms with E-state index in [0.29, 0.717) is 5.84 Å². The highest BCUT2D eigenvalue weighted by Gasteiger charge is 2.09. The summed E-state index contributed by atoms with van der Waals surface area (Å²) in [5.41, 5.74) is 8.28. The number of hydrogen-bond donors (Lipinski definition) is 3. The number of nitrogens with one attached hydrogen (secondary N) is 1. The van der Waals surface area contributed by atoms with Crippen molar-refractivity contribution in [2.75, 3.05) is 0 Å². The summed E-state index contributed by atoms with van der Waals surface area (Å²) in [7, 11) is 0. The van der Waals surface area contributed by atoms with Gasteiger partial charge in [-0.2, -0.15) is 0 Å². The predicted molar refractivity (Wildman–Crippen MR) is 81.5 cm³/mol. The third-order valence-electron chi connectivity index (χ3n) is 3.60. The number of nitrogens with two attached hydrogens (primary N) is 1. The lowest BCUT2D eigenvalue weighted by Crippen LogP contribution is -2.21. The SMILES string of the molecule is NC1=NN=c2ccc(=Cc3c(O)[nH]c4ccccc34)cc21. The molecule has 4 rings (SSSR count). The van der Waals surface area contributed by atoms with Crippen LogP contribution in [0.1, 0.15) is 11.1 Å². The van der Waals surface area contributed by atoms with Crippen molar-refractivity contribution in [3.63, 3.8) is 0 Å². The number of aromatic hydroxyl groups is 1. The Balaban J connectivity index is 1.96. The van der Waals surface area contributed by atoms with Crippen molar-refractivity contribution in [3.8, 4) is 5.88 Å². The number of hydrogen-bond acceptors (Lipinski definition) is 4. The molecule has 2 heterocycles. The van der Waals surface area contributed by atoms with Crippen LogP contribution in [0.15, 0.2) is 52.7 Å². The number of aromatic nitrogens is 1. The zero-order valence-corrected chi connectivity index (χ0v) is 11.0.